The molecule has 1 aliphatic carbocycles. The summed E-state index contributed by atoms with van der Waals surface area (Å²) in [6.45, 7) is 0. The molecule has 0 radical (unpaired) electrons. The molecule has 1 aliphatic rings. The molecule has 2 aromatic rings. The van der Waals surface area contributed by atoms with Gasteiger partial charge in [-0.2, -0.15) is 13.4 Å². The zero-order valence-corrected chi connectivity index (χ0v) is 14.2. The molecule has 25 heavy (non-hydrogen) atoms. The highest BCUT2D eigenvalue weighted by Gasteiger charge is 2.24. The Balaban J connectivity index is 1.76. The lowest BCUT2D eigenvalue weighted by Gasteiger charge is -2.11. The second-order valence-electron chi connectivity index (χ2n) is 5.68. The molecule has 4 N–H and O–H groups in total. The first kappa shape index (κ1) is 17.0. The summed E-state index contributed by atoms with van der Waals surface area (Å²) < 4.78 is 27.0. The molecule has 132 valence electrons. The Labute approximate surface area is 144 Å². The van der Waals surface area contributed by atoms with Crippen molar-refractivity contribution in [3.05, 3.63) is 36.0 Å². The van der Waals surface area contributed by atoms with E-state index in [0.29, 0.717) is 17.5 Å². The topological polar surface area (TPSA) is 136 Å². The lowest BCUT2D eigenvalue weighted by atomic mass is 10.3. The molecule has 1 aromatic carbocycles. The van der Waals surface area contributed by atoms with Gasteiger partial charge in [0.15, 0.2) is 0 Å². The molecule has 1 heterocycles. The Kier molecular flexibility index (Phi) is 4.45. The standard InChI is InChI=1S/C15H17N5O4S/c1-25(22,23)24-11-6-4-10(5-7-11)19-15-17-8-12(13(16)21)14(20-15)18-9-2-3-9/h4-9H,2-3H2,1H3,(H2,16,21)(H2,17,18,19,20). The van der Waals surface area contributed by atoms with Gasteiger partial charge in [0, 0.05) is 17.9 Å². The van der Waals surface area contributed by atoms with E-state index in [0.717, 1.165) is 19.1 Å². The van der Waals surface area contributed by atoms with Crippen LogP contribution in [0.2, 0.25) is 0 Å². The van der Waals surface area contributed by atoms with Gasteiger partial charge in [-0.3, -0.25) is 4.79 Å². The Hall–Kier alpha value is -2.88. The summed E-state index contributed by atoms with van der Waals surface area (Å²) in [7, 11) is -3.57. The predicted octanol–water partition coefficient (Wildman–Crippen LogP) is 1.23. The summed E-state index contributed by atoms with van der Waals surface area (Å²) in [5, 5.41) is 6.12. The number of benzene rings is 1. The third-order valence-electron chi connectivity index (χ3n) is 3.33. The third kappa shape index (κ3) is 4.80. The Morgan fingerprint density at radius 3 is 2.52 bits per heavy atom. The van der Waals surface area contributed by atoms with Crippen molar-refractivity contribution in [2.75, 3.05) is 16.9 Å². The van der Waals surface area contributed by atoms with E-state index in [-0.39, 0.29) is 17.3 Å². The average molecular weight is 363 g/mol. The van der Waals surface area contributed by atoms with Gasteiger partial charge in [0.05, 0.1) is 11.8 Å². The monoisotopic (exact) mass is 363 g/mol. The van der Waals surface area contributed by atoms with Gasteiger partial charge in [-0.05, 0) is 37.1 Å². The fourth-order valence-electron chi connectivity index (χ4n) is 2.05. The first-order chi connectivity index (χ1) is 11.8. The number of anilines is 3. The van der Waals surface area contributed by atoms with Gasteiger partial charge in [-0.15, -0.1) is 0 Å². The molecule has 1 aromatic heterocycles. The molecule has 1 fully saturated rings. The fraction of sp³-hybridized carbons (Fsp3) is 0.267. The molecule has 9 nitrogen and oxygen atoms in total. The summed E-state index contributed by atoms with van der Waals surface area (Å²) >= 11 is 0. The number of amides is 1. The van der Waals surface area contributed by atoms with E-state index in [1.807, 2.05) is 0 Å². The van der Waals surface area contributed by atoms with E-state index < -0.39 is 16.0 Å². The van der Waals surface area contributed by atoms with Gasteiger partial charge in [0.2, 0.25) is 5.95 Å². The van der Waals surface area contributed by atoms with E-state index in [4.69, 9.17) is 9.92 Å². The van der Waals surface area contributed by atoms with Crippen LogP contribution >= 0.6 is 0 Å². The molecule has 0 spiro atoms. The van der Waals surface area contributed by atoms with Crippen LogP contribution < -0.4 is 20.6 Å². The predicted molar refractivity (Wildman–Crippen MR) is 92.4 cm³/mol. The molecule has 3 rings (SSSR count). The minimum Gasteiger partial charge on any atom is -0.383 e. The summed E-state index contributed by atoms with van der Waals surface area (Å²) in [4.78, 5) is 19.8. The number of hydrogen-bond donors (Lipinski definition) is 3. The Morgan fingerprint density at radius 2 is 1.96 bits per heavy atom. The molecule has 1 amide bonds. The molecule has 1 saturated carbocycles. The zero-order valence-electron chi connectivity index (χ0n) is 13.4. The fourth-order valence-corrected chi connectivity index (χ4v) is 2.51. The van der Waals surface area contributed by atoms with Gasteiger partial charge in [-0.1, -0.05) is 0 Å². The lowest BCUT2D eigenvalue weighted by molar-refractivity contribution is 0.100. The number of rotatable bonds is 7. The smallest absolute Gasteiger partial charge is 0.306 e. The van der Waals surface area contributed by atoms with E-state index in [1.165, 1.54) is 18.3 Å². The van der Waals surface area contributed by atoms with Crippen LogP contribution in [-0.2, 0) is 10.1 Å². The van der Waals surface area contributed by atoms with E-state index in [2.05, 4.69) is 20.6 Å². The van der Waals surface area contributed by atoms with Crippen molar-refractivity contribution in [2.45, 2.75) is 18.9 Å². The molecule has 0 atom stereocenters. The summed E-state index contributed by atoms with van der Waals surface area (Å²) in [6, 6.07) is 6.56. The largest absolute Gasteiger partial charge is 0.383 e. The van der Waals surface area contributed by atoms with Crippen molar-refractivity contribution in [2.24, 2.45) is 5.73 Å². The molecule has 0 aliphatic heterocycles. The normalized spacial score (nSPS) is 14.0. The van der Waals surface area contributed by atoms with Gasteiger partial charge in [0.1, 0.15) is 11.6 Å². The van der Waals surface area contributed by atoms with Crippen molar-refractivity contribution in [3.63, 3.8) is 0 Å². The van der Waals surface area contributed by atoms with Crippen LogP contribution in [0, 0.1) is 0 Å². The maximum Gasteiger partial charge on any atom is 0.306 e. The Morgan fingerprint density at radius 1 is 1.28 bits per heavy atom. The van der Waals surface area contributed by atoms with Crippen molar-refractivity contribution in [1.82, 2.24) is 9.97 Å². The van der Waals surface area contributed by atoms with Gasteiger partial charge < -0.3 is 20.6 Å². The molecule has 0 bridgehead atoms. The van der Waals surface area contributed by atoms with Crippen LogP contribution in [0.5, 0.6) is 5.75 Å². The van der Waals surface area contributed by atoms with Crippen molar-refractivity contribution < 1.29 is 17.4 Å². The van der Waals surface area contributed by atoms with Crippen LogP contribution in [0.15, 0.2) is 30.5 Å². The minimum atomic E-state index is -3.57. The van der Waals surface area contributed by atoms with Crippen LogP contribution in [0.25, 0.3) is 0 Å². The second kappa shape index (κ2) is 6.55. The number of carbonyl (C=O) groups excluding carboxylic acids is 1. The van der Waals surface area contributed by atoms with Gasteiger partial charge in [0.25, 0.3) is 5.91 Å². The SMILES string of the molecule is CS(=O)(=O)Oc1ccc(Nc2ncc(C(N)=O)c(NC3CC3)n2)cc1. The van der Waals surface area contributed by atoms with Crippen molar-refractivity contribution in [1.29, 1.82) is 0 Å². The Bertz CT molecular complexity index is 895. The lowest BCUT2D eigenvalue weighted by Crippen LogP contribution is -2.17. The molecular weight excluding hydrogens is 346 g/mol. The van der Waals surface area contributed by atoms with Crippen molar-refractivity contribution in [3.8, 4) is 5.75 Å². The summed E-state index contributed by atoms with van der Waals surface area (Å²) in [6.07, 6.45) is 4.38. The number of carbonyl (C=O) groups is 1. The van der Waals surface area contributed by atoms with Crippen LogP contribution in [0.4, 0.5) is 17.5 Å². The first-order valence-electron chi connectivity index (χ1n) is 7.50. The minimum absolute atomic E-state index is 0.203. The third-order valence-corrected chi connectivity index (χ3v) is 3.83. The first-order valence-corrected chi connectivity index (χ1v) is 9.32. The second-order valence-corrected chi connectivity index (χ2v) is 7.25. The molecule has 0 saturated heterocycles. The number of aromatic nitrogens is 2. The summed E-state index contributed by atoms with van der Waals surface area (Å²) in [5.74, 6) is 0.278. The zero-order chi connectivity index (χ0) is 18.0. The van der Waals surface area contributed by atoms with Crippen LogP contribution in [0.1, 0.15) is 23.2 Å². The van der Waals surface area contributed by atoms with E-state index in [9.17, 15) is 13.2 Å². The number of nitrogens with one attached hydrogen (secondary N) is 2. The van der Waals surface area contributed by atoms with Gasteiger partial charge in [-0.25, -0.2) is 4.98 Å². The molecular formula is C15H17N5O4S. The number of hydrogen-bond acceptors (Lipinski definition) is 8. The van der Waals surface area contributed by atoms with Gasteiger partial charge >= 0.3 is 10.1 Å². The highest BCUT2D eigenvalue weighted by molar-refractivity contribution is 7.86. The highest BCUT2D eigenvalue weighted by Crippen LogP contribution is 2.26. The molecule has 10 heteroatoms. The molecule has 0 unspecified atom stereocenters. The number of nitrogens with zero attached hydrogens (tertiary/aromatic N) is 2. The van der Waals surface area contributed by atoms with Crippen LogP contribution in [0.3, 0.4) is 0 Å². The number of primary amides is 1. The summed E-state index contributed by atoms with van der Waals surface area (Å²) in [5.41, 5.74) is 6.20. The quantitative estimate of drug-likeness (QED) is 0.625. The number of nitrogens with two attached hydrogens (primary N) is 1. The van der Waals surface area contributed by atoms with Crippen molar-refractivity contribution >= 4 is 33.5 Å². The van der Waals surface area contributed by atoms with Crippen LogP contribution in [-0.4, -0.2) is 36.6 Å². The average Bonchev–Trinajstić information content (AvgIpc) is 3.32. The highest BCUT2D eigenvalue weighted by atomic mass is 32.2. The maximum atomic E-state index is 11.5. The van der Waals surface area contributed by atoms with E-state index >= 15 is 0 Å². The van der Waals surface area contributed by atoms with E-state index in [1.54, 1.807) is 12.1 Å². The maximum absolute atomic E-state index is 11.5.